The van der Waals surface area contributed by atoms with Gasteiger partial charge in [0, 0.05) is 21.0 Å². The minimum atomic E-state index is -0.687. The zero-order valence-corrected chi connectivity index (χ0v) is 20.2. The monoisotopic (exact) mass is 506 g/mol. The highest BCUT2D eigenvalue weighted by atomic mass is 79.9. The Morgan fingerprint density at radius 3 is 2.30 bits per heavy atom. The summed E-state index contributed by atoms with van der Waals surface area (Å²) in [6, 6.07) is 15.9. The van der Waals surface area contributed by atoms with E-state index in [1.54, 1.807) is 0 Å². The van der Waals surface area contributed by atoms with Crippen LogP contribution in [-0.2, 0) is 11.2 Å². The number of carboxylic acid groups (broad SMARTS) is 1. The number of aromatic nitrogens is 1. The lowest BCUT2D eigenvalue weighted by Crippen LogP contribution is -2.58. The van der Waals surface area contributed by atoms with Gasteiger partial charge in [-0.15, -0.1) is 0 Å². The third-order valence-electron chi connectivity index (χ3n) is 7.75. The summed E-state index contributed by atoms with van der Waals surface area (Å²) in [6.45, 7) is 2.06. The second kappa shape index (κ2) is 8.24. The highest BCUT2D eigenvalue weighted by molar-refractivity contribution is 9.10. The molecule has 2 N–H and O–H groups in total. The highest BCUT2D eigenvalue weighted by Gasteiger charge is 2.53. The zero-order chi connectivity index (χ0) is 23.2. The van der Waals surface area contributed by atoms with E-state index in [1.165, 1.54) is 0 Å². The number of carbonyl (C=O) groups excluding carboxylic acids is 1. The first kappa shape index (κ1) is 22.1. The molecule has 0 saturated heterocycles. The van der Waals surface area contributed by atoms with Gasteiger partial charge in [0.2, 0.25) is 0 Å². The van der Waals surface area contributed by atoms with Crippen molar-refractivity contribution in [3.63, 3.8) is 0 Å². The number of benzene rings is 2. The number of fused-ring (bicyclic) bond motifs is 4. The fraction of sp³-hybridized carbons (Fsp3) is 0.370. The maximum atomic E-state index is 13.9. The summed E-state index contributed by atoms with van der Waals surface area (Å²) < 4.78 is 0.903. The van der Waals surface area contributed by atoms with E-state index in [4.69, 9.17) is 4.98 Å². The Balaban J connectivity index is 1.59. The SMILES string of the molecule is CCc1c(-c2ccccc2)nc2ccc(Br)cc2c1C(=O)NC12CCC(C(=O)O)(CC1)CC2. The lowest BCUT2D eigenvalue weighted by Gasteiger charge is -2.51. The van der Waals surface area contributed by atoms with Crippen LogP contribution in [-0.4, -0.2) is 27.5 Å². The van der Waals surface area contributed by atoms with Crippen LogP contribution in [0.25, 0.3) is 22.2 Å². The van der Waals surface area contributed by atoms with Gasteiger partial charge >= 0.3 is 5.97 Å². The molecule has 3 fully saturated rings. The number of halogens is 1. The first-order chi connectivity index (χ1) is 15.9. The van der Waals surface area contributed by atoms with Crippen molar-refractivity contribution in [1.29, 1.82) is 0 Å². The van der Waals surface area contributed by atoms with Crippen LogP contribution in [0.2, 0.25) is 0 Å². The molecule has 3 aliphatic carbocycles. The third-order valence-corrected chi connectivity index (χ3v) is 8.25. The number of nitrogens with zero attached hydrogens (tertiary/aromatic N) is 1. The maximum Gasteiger partial charge on any atom is 0.309 e. The summed E-state index contributed by atoms with van der Waals surface area (Å²) in [4.78, 5) is 30.7. The van der Waals surface area contributed by atoms with Crippen LogP contribution < -0.4 is 5.32 Å². The van der Waals surface area contributed by atoms with Gasteiger partial charge in [-0.2, -0.15) is 0 Å². The molecule has 1 heterocycles. The second-order valence-electron chi connectivity index (χ2n) is 9.51. The molecule has 0 unspecified atom stereocenters. The van der Waals surface area contributed by atoms with Crippen molar-refractivity contribution in [2.75, 3.05) is 0 Å². The smallest absolute Gasteiger partial charge is 0.309 e. The van der Waals surface area contributed by atoms with Crippen LogP contribution in [0.5, 0.6) is 0 Å². The summed E-state index contributed by atoms with van der Waals surface area (Å²) in [5.74, 6) is -0.771. The molecule has 3 saturated carbocycles. The molecule has 0 atom stereocenters. The second-order valence-corrected chi connectivity index (χ2v) is 10.4. The molecule has 170 valence electrons. The molecule has 2 aromatic carbocycles. The average Bonchev–Trinajstić information content (AvgIpc) is 2.84. The Labute approximate surface area is 201 Å². The average molecular weight is 507 g/mol. The molecule has 1 aromatic heterocycles. The first-order valence-corrected chi connectivity index (χ1v) is 12.4. The number of hydrogen-bond acceptors (Lipinski definition) is 3. The van der Waals surface area contributed by atoms with Crippen molar-refractivity contribution >= 4 is 38.7 Å². The molecule has 6 rings (SSSR count). The molecule has 0 aliphatic heterocycles. The van der Waals surface area contributed by atoms with E-state index in [9.17, 15) is 14.7 Å². The Kier molecular flexibility index (Phi) is 5.52. The predicted molar refractivity (Wildman–Crippen MR) is 132 cm³/mol. The van der Waals surface area contributed by atoms with E-state index < -0.39 is 11.4 Å². The Morgan fingerprint density at radius 2 is 1.70 bits per heavy atom. The number of rotatable bonds is 5. The fourth-order valence-electron chi connectivity index (χ4n) is 5.71. The van der Waals surface area contributed by atoms with Gasteiger partial charge in [-0.25, -0.2) is 4.98 Å². The summed E-state index contributed by atoms with van der Waals surface area (Å²) in [5.41, 5.74) is 3.31. The molecular weight excluding hydrogens is 480 g/mol. The van der Waals surface area contributed by atoms with Gasteiger partial charge < -0.3 is 10.4 Å². The van der Waals surface area contributed by atoms with Crippen molar-refractivity contribution in [2.24, 2.45) is 5.41 Å². The molecule has 0 spiro atoms. The topological polar surface area (TPSA) is 79.3 Å². The number of carbonyl (C=O) groups is 2. The summed E-state index contributed by atoms with van der Waals surface area (Å²) in [6.07, 6.45) is 4.70. The molecular formula is C27H27BrN2O3. The lowest BCUT2D eigenvalue weighted by molar-refractivity contribution is -0.156. The van der Waals surface area contributed by atoms with Crippen molar-refractivity contribution in [2.45, 2.75) is 57.4 Å². The van der Waals surface area contributed by atoms with E-state index >= 15 is 0 Å². The minimum Gasteiger partial charge on any atom is -0.481 e. The molecule has 6 heteroatoms. The van der Waals surface area contributed by atoms with E-state index in [0.717, 1.165) is 32.2 Å². The molecule has 33 heavy (non-hydrogen) atoms. The van der Waals surface area contributed by atoms with Crippen LogP contribution in [0.1, 0.15) is 61.4 Å². The third kappa shape index (κ3) is 3.74. The quantitative estimate of drug-likeness (QED) is 0.435. The number of carboxylic acids is 1. The van der Waals surface area contributed by atoms with Crippen LogP contribution >= 0.6 is 15.9 Å². The number of hydrogen-bond donors (Lipinski definition) is 2. The minimum absolute atomic E-state index is 0.0840. The largest absolute Gasteiger partial charge is 0.481 e. The number of pyridine rings is 1. The summed E-state index contributed by atoms with van der Waals surface area (Å²) in [7, 11) is 0. The van der Waals surface area contributed by atoms with Gasteiger partial charge in [0.05, 0.1) is 22.2 Å². The fourth-order valence-corrected chi connectivity index (χ4v) is 6.07. The van der Waals surface area contributed by atoms with Gasteiger partial charge in [0.25, 0.3) is 5.91 Å². The molecule has 1 amide bonds. The molecule has 5 nitrogen and oxygen atoms in total. The zero-order valence-electron chi connectivity index (χ0n) is 18.7. The standard InChI is InChI=1S/C27H27BrN2O3/c1-2-19-22(24(31)30-27-13-10-26(11-14-27,12-15-27)25(32)33)20-16-18(28)8-9-21(20)29-23(19)17-6-4-3-5-7-17/h3-9,16H,2,10-15H2,1H3,(H,30,31)(H,32,33). The Hall–Kier alpha value is -2.73. The predicted octanol–water partition coefficient (Wildman–Crippen LogP) is 6.13. The van der Waals surface area contributed by atoms with Gasteiger partial charge in [-0.3, -0.25) is 9.59 Å². The summed E-state index contributed by atoms with van der Waals surface area (Å²) >= 11 is 3.56. The Morgan fingerprint density at radius 1 is 1.03 bits per heavy atom. The van der Waals surface area contributed by atoms with Gasteiger partial charge in [-0.1, -0.05) is 53.2 Å². The van der Waals surface area contributed by atoms with Crippen LogP contribution in [0.3, 0.4) is 0 Å². The highest BCUT2D eigenvalue weighted by Crippen LogP contribution is 2.52. The molecule has 2 bridgehead atoms. The Bertz CT molecular complexity index is 1230. The van der Waals surface area contributed by atoms with Gasteiger partial charge in [0.1, 0.15) is 0 Å². The van der Waals surface area contributed by atoms with E-state index in [-0.39, 0.29) is 11.4 Å². The molecule has 3 aromatic rings. The van der Waals surface area contributed by atoms with E-state index in [2.05, 4.69) is 28.2 Å². The van der Waals surface area contributed by atoms with Crippen molar-refractivity contribution in [1.82, 2.24) is 10.3 Å². The van der Waals surface area contributed by atoms with Crippen LogP contribution in [0, 0.1) is 5.41 Å². The van der Waals surface area contributed by atoms with Crippen LogP contribution in [0.4, 0.5) is 0 Å². The summed E-state index contributed by atoms with van der Waals surface area (Å²) in [5, 5.41) is 13.9. The number of aliphatic carboxylic acids is 1. The van der Waals surface area contributed by atoms with Crippen molar-refractivity contribution in [3.05, 3.63) is 64.1 Å². The number of amides is 1. The molecule has 0 radical (unpaired) electrons. The van der Waals surface area contributed by atoms with E-state index in [0.29, 0.717) is 50.5 Å². The van der Waals surface area contributed by atoms with Crippen molar-refractivity contribution < 1.29 is 14.7 Å². The first-order valence-electron chi connectivity index (χ1n) is 11.6. The van der Waals surface area contributed by atoms with Crippen molar-refractivity contribution in [3.8, 4) is 11.3 Å². The lowest BCUT2D eigenvalue weighted by atomic mass is 9.57. The normalized spacial score (nSPS) is 24.1. The molecule has 3 aliphatic rings. The van der Waals surface area contributed by atoms with E-state index in [1.807, 2.05) is 48.5 Å². The number of nitrogens with one attached hydrogen (secondary N) is 1. The van der Waals surface area contributed by atoms with Crippen LogP contribution in [0.15, 0.2) is 53.0 Å². The van der Waals surface area contributed by atoms with Gasteiger partial charge in [-0.05, 0) is 68.7 Å². The maximum absolute atomic E-state index is 13.9. The van der Waals surface area contributed by atoms with Gasteiger partial charge in [0.15, 0.2) is 0 Å².